The fraction of sp³-hybridized carbons (Fsp3) is 0.923. The van der Waals surface area contributed by atoms with E-state index < -0.39 is 10.8 Å². The van der Waals surface area contributed by atoms with Crippen LogP contribution in [0.5, 0.6) is 0 Å². The Balaban J connectivity index is 1.58. The molecule has 0 radical (unpaired) electrons. The molecule has 0 aromatic heterocycles. The Labute approximate surface area is 194 Å². The molecule has 0 spiro atoms. The highest BCUT2D eigenvalue weighted by atomic mass is 16.6. The van der Waals surface area contributed by atoms with Gasteiger partial charge in [0.15, 0.2) is 0 Å². The van der Waals surface area contributed by atoms with E-state index in [1.54, 1.807) is 0 Å². The van der Waals surface area contributed by atoms with Gasteiger partial charge in [0.05, 0.1) is 10.8 Å². The van der Waals surface area contributed by atoms with Crippen molar-refractivity contribution in [3.8, 4) is 0 Å². The summed E-state index contributed by atoms with van der Waals surface area (Å²) >= 11 is 0. The molecule has 3 aliphatic rings. The molecule has 6 heteroatoms. The second-order valence-corrected chi connectivity index (χ2v) is 14.1. The largest absolute Gasteiger partial charge is 0.462 e. The predicted octanol–water partition coefficient (Wildman–Crippen LogP) is 4.50. The van der Waals surface area contributed by atoms with E-state index in [4.69, 9.17) is 9.47 Å². The summed E-state index contributed by atoms with van der Waals surface area (Å²) < 4.78 is 12.0. The summed E-state index contributed by atoms with van der Waals surface area (Å²) in [6, 6.07) is 0. The summed E-state index contributed by atoms with van der Waals surface area (Å²) in [6.45, 7) is 21.1. The number of ether oxygens (including phenoxy) is 2. The zero-order chi connectivity index (χ0) is 24.4. The van der Waals surface area contributed by atoms with Crippen molar-refractivity contribution < 1.29 is 19.1 Å². The third kappa shape index (κ3) is 5.67. The monoisotopic (exact) mass is 450 g/mol. The fourth-order valence-corrected chi connectivity index (χ4v) is 7.17. The summed E-state index contributed by atoms with van der Waals surface area (Å²) in [5.41, 5.74) is -1.58. The number of rotatable bonds is 4. The number of carbonyl (C=O) groups excluding carboxylic acids is 2. The van der Waals surface area contributed by atoms with Crippen LogP contribution >= 0.6 is 0 Å². The van der Waals surface area contributed by atoms with E-state index in [0.717, 1.165) is 25.7 Å². The van der Waals surface area contributed by atoms with Gasteiger partial charge < -0.3 is 20.1 Å². The molecule has 0 unspecified atom stereocenters. The van der Waals surface area contributed by atoms with E-state index in [0.29, 0.717) is 12.8 Å². The van der Waals surface area contributed by atoms with Crippen LogP contribution in [-0.4, -0.2) is 46.3 Å². The van der Waals surface area contributed by atoms with Gasteiger partial charge in [-0.1, -0.05) is 0 Å². The zero-order valence-electron chi connectivity index (χ0n) is 22.0. The Morgan fingerprint density at radius 2 is 0.812 bits per heavy atom. The van der Waals surface area contributed by atoms with Crippen molar-refractivity contribution in [1.82, 2.24) is 10.6 Å². The van der Waals surface area contributed by atoms with Crippen LogP contribution in [0.3, 0.4) is 0 Å². The lowest BCUT2D eigenvalue weighted by molar-refractivity contribution is -0.192. The van der Waals surface area contributed by atoms with Crippen LogP contribution in [0.4, 0.5) is 0 Å². The molecule has 6 nitrogen and oxygen atoms in total. The lowest BCUT2D eigenvalue weighted by Gasteiger charge is -2.52. The summed E-state index contributed by atoms with van der Waals surface area (Å²) in [6.07, 6.45) is 3.91. The van der Waals surface area contributed by atoms with E-state index in [1.165, 1.54) is 0 Å². The van der Waals surface area contributed by atoms with Crippen molar-refractivity contribution in [2.75, 3.05) is 0 Å². The average Bonchev–Trinajstić information content (AvgIpc) is 2.46. The van der Waals surface area contributed by atoms with Crippen LogP contribution in [-0.2, 0) is 19.1 Å². The van der Waals surface area contributed by atoms with Crippen LogP contribution in [0.1, 0.15) is 108 Å². The maximum absolute atomic E-state index is 13.1. The molecular formula is C26H46N2O4. The smallest absolute Gasteiger partial charge is 0.312 e. The number of nitrogens with one attached hydrogen (secondary N) is 2. The first-order chi connectivity index (χ1) is 14.2. The summed E-state index contributed by atoms with van der Waals surface area (Å²) in [5.74, 6) is -0.351. The summed E-state index contributed by atoms with van der Waals surface area (Å²) in [7, 11) is 0. The van der Waals surface area contributed by atoms with Crippen LogP contribution in [0, 0.1) is 10.8 Å². The highest BCUT2D eigenvalue weighted by molar-refractivity contribution is 5.85. The lowest BCUT2D eigenvalue weighted by Crippen LogP contribution is -2.61. The third-order valence-electron chi connectivity index (χ3n) is 7.40. The quantitative estimate of drug-likeness (QED) is 0.614. The van der Waals surface area contributed by atoms with E-state index >= 15 is 0 Å². The standard InChI is InChI=1S/C26H46N2O4/c1-21(2)11-17(12-22(3,4)27-21)31-19(29)25(9)15-26(10,16-25)20(30)32-18-13-23(5,6)28-24(7,8)14-18/h17-18,27-28H,11-16H2,1-10H3. The molecule has 3 fully saturated rings. The SMILES string of the molecule is CC1(C)CC(OC(=O)C2(C)CC(C)(C(=O)OC3CC(C)(C)NC(C)(C)C3)C2)CC(C)(C)N1. The summed E-state index contributed by atoms with van der Waals surface area (Å²) in [4.78, 5) is 26.2. The molecule has 3 rings (SSSR count). The number of hydrogen-bond donors (Lipinski definition) is 2. The average molecular weight is 451 g/mol. The van der Waals surface area contributed by atoms with Crippen LogP contribution in [0.15, 0.2) is 0 Å². The van der Waals surface area contributed by atoms with Gasteiger partial charge in [0.2, 0.25) is 0 Å². The minimum Gasteiger partial charge on any atom is -0.462 e. The molecule has 32 heavy (non-hydrogen) atoms. The first kappa shape index (κ1) is 25.5. The fourth-order valence-electron chi connectivity index (χ4n) is 7.17. The van der Waals surface area contributed by atoms with Crippen LogP contribution in [0.2, 0.25) is 0 Å². The number of carbonyl (C=O) groups is 2. The molecule has 0 bridgehead atoms. The number of hydrogen-bond acceptors (Lipinski definition) is 6. The van der Waals surface area contributed by atoms with E-state index in [2.05, 4.69) is 66.0 Å². The van der Waals surface area contributed by atoms with Crippen molar-refractivity contribution >= 4 is 11.9 Å². The van der Waals surface area contributed by atoms with Crippen molar-refractivity contribution in [2.24, 2.45) is 10.8 Å². The first-order valence-corrected chi connectivity index (χ1v) is 12.2. The van der Waals surface area contributed by atoms with Gasteiger partial charge in [0.25, 0.3) is 0 Å². The Morgan fingerprint density at radius 1 is 0.562 bits per heavy atom. The topological polar surface area (TPSA) is 76.7 Å². The van der Waals surface area contributed by atoms with Crippen molar-refractivity contribution in [2.45, 2.75) is 142 Å². The molecule has 0 amide bonds. The van der Waals surface area contributed by atoms with Crippen molar-refractivity contribution in [1.29, 1.82) is 0 Å². The second-order valence-electron chi connectivity index (χ2n) is 14.1. The predicted molar refractivity (Wildman–Crippen MR) is 126 cm³/mol. The Kier molecular flexibility index (Phi) is 6.13. The minimum absolute atomic E-state index is 0.0814. The molecule has 2 heterocycles. The van der Waals surface area contributed by atoms with E-state index in [-0.39, 0.29) is 46.3 Å². The third-order valence-corrected chi connectivity index (χ3v) is 7.40. The first-order valence-electron chi connectivity index (χ1n) is 12.2. The van der Waals surface area contributed by atoms with Gasteiger partial charge in [0, 0.05) is 47.8 Å². The molecule has 1 aliphatic carbocycles. The van der Waals surface area contributed by atoms with Crippen molar-refractivity contribution in [3.05, 3.63) is 0 Å². The van der Waals surface area contributed by atoms with Crippen LogP contribution in [0.25, 0.3) is 0 Å². The Morgan fingerprint density at radius 3 is 1.06 bits per heavy atom. The summed E-state index contributed by atoms with van der Waals surface area (Å²) in [5, 5.41) is 7.25. The highest BCUT2D eigenvalue weighted by Gasteiger charge is 2.60. The van der Waals surface area contributed by atoms with Gasteiger partial charge in [0.1, 0.15) is 12.2 Å². The van der Waals surface area contributed by atoms with Crippen molar-refractivity contribution in [3.63, 3.8) is 0 Å². The lowest BCUT2D eigenvalue weighted by atomic mass is 9.54. The molecule has 0 atom stereocenters. The molecule has 0 aromatic rings. The zero-order valence-corrected chi connectivity index (χ0v) is 22.0. The van der Waals surface area contributed by atoms with E-state index in [9.17, 15) is 9.59 Å². The Hall–Kier alpha value is -1.14. The van der Waals surface area contributed by atoms with Gasteiger partial charge in [-0.25, -0.2) is 0 Å². The van der Waals surface area contributed by atoms with Gasteiger partial charge >= 0.3 is 11.9 Å². The van der Waals surface area contributed by atoms with E-state index in [1.807, 2.05) is 13.8 Å². The highest BCUT2D eigenvalue weighted by Crippen LogP contribution is 2.56. The van der Waals surface area contributed by atoms with Gasteiger partial charge in [-0.05, 0) is 82.1 Å². The molecule has 184 valence electrons. The molecule has 2 saturated heterocycles. The molecule has 0 aromatic carbocycles. The van der Waals surface area contributed by atoms with Crippen LogP contribution < -0.4 is 10.6 Å². The minimum atomic E-state index is -0.625. The molecular weight excluding hydrogens is 404 g/mol. The number of esters is 2. The molecule has 1 saturated carbocycles. The molecule has 2 aliphatic heterocycles. The van der Waals surface area contributed by atoms with Gasteiger partial charge in [-0.2, -0.15) is 0 Å². The maximum atomic E-state index is 13.1. The second kappa shape index (κ2) is 7.69. The number of piperidine rings is 2. The maximum Gasteiger partial charge on any atom is 0.312 e. The van der Waals surface area contributed by atoms with Gasteiger partial charge in [-0.3, -0.25) is 9.59 Å². The molecule has 2 N–H and O–H groups in total. The Bertz CT molecular complexity index is 668. The van der Waals surface area contributed by atoms with Gasteiger partial charge in [-0.15, -0.1) is 0 Å². The normalized spacial score (nSPS) is 36.1.